The monoisotopic (exact) mass is 288 g/mol. The van der Waals surface area contributed by atoms with E-state index >= 15 is 0 Å². The molecule has 1 unspecified atom stereocenters. The molecular formula is C17H24N2O2. The molecule has 1 fully saturated rings. The molecule has 2 rings (SSSR count). The van der Waals surface area contributed by atoms with Crippen LogP contribution < -0.4 is 5.73 Å². The first-order valence-corrected chi connectivity index (χ1v) is 7.50. The molecule has 0 aliphatic carbocycles. The van der Waals surface area contributed by atoms with Gasteiger partial charge in [-0.05, 0) is 23.0 Å². The zero-order chi connectivity index (χ0) is 15.6. The quantitative estimate of drug-likeness (QED) is 0.865. The van der Waals surface area contributed by atoms with Gasteiger partial charge in [-0.25, -0.2) is 0 Å². The normalized spacial score (nSPS) is 19.7. The third-order valence-corrected chi connectivity index (χ3v) is 4.06. The first kappa shape index (κ1) is 15.7. The molecule has 4 nitrogen and oxygen atoms in total. The van der Waals surface area contributed by atoms with Gasteiger partial charge in [0.1, 0.15) is 0 Å². The van der Waals surface area contributed by atoms with Gasteiger partial charge in [-0.15, -0.1) is 0 Å². The molecule has 0 radical (unpaired) electrons. The minimum atomic E-state index is -0.329. The third kappa shape index (κ3) is 3.70. The number of carbonyl (C=O) groups is 2. The zero-order valence-corrected chi connectivity index (χ0v) is 13.1. The van der Waals surface area contributed by atoms with Gasteiger partial charge in [0.25, 0.3) is 0 Å². The largest absolute Gasteiger partial charge is 0.322 e. The lowest BCUT2D eigenvalue weighted by Crippen LogP contribution is -2.48. The van der Waals surface area contributed by atoms with Crippen LogP contribution in [-0.2, 0) is 16.0 Å². The van der Waals surface area contributed by atoms with Crippen LogP contribution >= 0.6 is 0 Å². The molecule has 0 saturated carbocycles. The maximum Gasteiger partial charge on any atom is 0.229 e. The number of piperidine rings is 1. The highest BCUT2D eigenvalue weighted by molar-refractivity contribution is 5.98. The molecule has 1 aromatic carbocycles. The lowest BCUT2D eigenvalue weighted by atomic mass is 9.81. The number of likely N-dealkylation sites (tertiary alicyclic amines) is 1. The fourth-order valence-electron chi connectivity index (χ4n) is 2.72. The molecule has 0 bridgehead atoms. The topological polar surface area (TPSA) is 63.4 Å². The van der Waals surface area contributed by atoms with E-state index in [1.165, 1.54) is 10.5 Å². The van der Waals surface area contributed by atoms with E-state index in [-0.39, 0.29) is 29.8 Å². The Kier molecular flexibility index (Phi) is 4.47. The first-order chi connectivity index (χ1) is 9.82. The second-order valence-corrected chi connectivity index (χ2v) is 6.62. The summed E-state index contributed by atoms with van der Waals surface area (Å²) in [5, 5.41) is 0. The highest BCUT2D eigenvalue weighted by atomic mass is 16.2. The van der Waals surface area contributed by atoms with Crippen molar-refractivity contribution < 1.29 is 9.59 Å². The van der Waals surface area contributed by atoms with Crippen LogP contribution in [0.4, 0.5) is 0 Å². The van der Waals surface area contributed by atoms with Crippen LogP contribution in [0.25, 0.3) is 0 Å². The van der Waals surface area contributed by atoms with E-state index in [0.29, 0.717) is 12.8 Å². The summed E-state index contributed by atoms with van der Waals surface area (Å²) in [4.78, 5) is 25.6. The van der Waals surface area contributed by atoms with Crippen molar-refractivity contribution in [3.63, 3.8) is 0 Å². The highest BCUT2D eigenvalue weighted by Crippen LogP contribution is 2.32. The van der Waals surface area contributed by atoms with Crippen LogP contribution in [0.15, 0.2) is 24.3 Å². The van der Waals surface area contributed by atoms with Crippen molar-refractivity contribution in [1.82, 2.24) is 4.90 Å². The lowest BCUT2D eigenvalue weighted by molar-refractivity contribution is -0.152. The standard InChI is InChI=1S/C17H24N2O2/c1-4-12-5-7-13(8-6-12)14(18)11-19-15(20)9-17(2,3)10-16(19)21/h5-8,14H,4,9-11,18H2,1-3H3. The van der Waals surface area contributed by atoms with E-state index in [4.69, 9.17) is 5.73 Å². The van der Waals surface area contributed by atoms with Crippen molar-refractivity contribution in [2.75, 3.05) is 6.54 Å². The number of rotatable bonds is 4. The van der Waals surface area contributed by atoms with Crippen molar-refractivity contribution in [3.05, 3.63) is 35.4 Å². The molecule has 21 heavy (non-hydrogen) atoms. The number of hydrogen-bond donors (Lipinski definition) is 1. The van der Waals surface area contributed by atoms with Gasteiger partial charge in [0.15, 0.2) is 0 Å². The third-order valence-electron chi connectivity index (χ3n) is 4.06. The van der Waals surface area contributed by atoms with E-state index < -0.39 is 0 Å². The summed E-state index contributed by atoms with van der Waals surface area (Å²) in [6, 6.07) is 7.71. The molecule has 1 aliphatic rings. The summed E-state index contributed by atoms with van der Waals surface area (Å²) in [5.74, 6) is -0.228. The summed E-state index contributed by atoms with van der Waals surface area (Å²) in [6.45, 7) is 6.26. The van der Waals surface area contributed by atoms with Gasteiger partial charge >= 0.3 is 0 Å². The first-order valence-electron chi connectivity index (χ1n) is 7.50. The fourth-order valence-corrected chi connectivity index (χ4v) is 2.72. The van der Waals surface area contributed by atoms with E-state index in [9.17, 15) is 9.59 Å². The molecule has 1 atom stereocenters. The number of amides is 2. The van der Waals surface area contributed by atoms with Gasteiger partial charge in [0.05, 0.1) is 0 Å². The van der Waals surface area contributed by atoms with Gasteiger partial charge in [0.2, 0.25) is 11.8 Å². The van der Waals surface area contributed by atoms with Crippen LogP contribution in [0.2, 0.25) is 0 Å². The predicted octanol–water partition coefficient (Wildman–Crippen LogP) is 2.42. The molecule has 0 aromatic heterocycles. The summed E-state index contributed by atoms with van der Waals surface area (Å²) in [6.07, 6.45) is 1.79. The zero-order valence-electron chi connectivity index (χ0n) is 13.1. The molecular weight excluding hydrogens is 264 g/mol. The van der Waals surface area contributed by atoms with Crippen LogP contribution in [0.3, 0.4) is 0 Å². The molecule has 0 spiro atoms. The van der Waals surface area contributed by atoms with Gasteiger partial charge < -0.3 is 5.73 Å². The minimum Gasteiger partial charge on any atom is -0.322 e. The molecule has 114 valence electrons. The Hall–Kier alpha value is -1.68. The number of aryl methyl sites for hydroxylation is 1. The number of nitrogens with zero attached hydrogens (tertiary/aromatic N) is 1. The molecule has 1 aliphatic heterocycles. The van der Waals surface area contributed by atoms with Gasteiger partial charge in [-0.3, -0.25) is 14.5 Å². The Labute approximate surface area is 126 Å². The average Bonchev–Trinajstić information content (AvgIpc) is 2.41. The molecule has 1 saturated heterocycles. The molecule has 4 heteroatoms. The second kappa shape index (κ2) is 5.98. The van der Waals surface area contributed by atoms with Crippen molar-refractivity contribution in [2.24, 2.45) is 11.1 Å². The average molecular weight is 288 g/mol. The van der Waals surface area contributed by atoms with Crippen molar-refractivity contribution in [2.45, 2.75) is 46.1 Å². The summed E-state index contributed by atoms with van der Waals surface area (Å²) < 4.78 is 0. The summed E-state index contributed by atoms with van der Waals surface area (Å²) in [7, 11) is 0. The summed E-state index contributed by atoms with van der Waals surface area (Å²) in [5.41, 5.74) is 8.13. The van der Waals surface area contributed by atoms with Crippen LogP contribution in [0.1, 0.15) is 50.8 Å². The van der Waals surface area contributed by atoms with Gasteiger partial charge in [0, 0.05) is 25.4 Å². The van der Waals surface area contributed by atoms with Crippen LogP contribution in [-0.4, -0.2) is 23.3 Å². The molecule has 2 amide bonds. The minimum absolute atomic E-state index is 0.114. The van der Waals surface area contributed by atoms with E-state index in [1.807, 2.05) is 38.1 Å². The summed E-state index contributed by atoms with van der Waals surface area (Å²) >= 11 is 0. The van der Waals surface area contributed by atoms with E-state index in [2.05, 4.69) is 6.92 Å². The van der Waals surface area contributed by atoms with Gasteiger partial charge in [-0.2, -0.15) is 0 Å². The van der Waals surface area contributed by atoms with Crippen molar-refractivity contribution in [3.8, 4) is 0 Å². The number of hydrogen-bond acceptors (Lipinski definition) is 3. The van der Waals surface area contributed by atoms with Crippen LogP contribution in [0, 0.1) is 5.41 Å². The highest BCUT2D eigenvalue weighted by Gasteiger charge is 2.37. The molecule has 1 heterocycles. The Bertz CT molecular complexity index is 514. The Morgan fingerprint density at radius 3 is 2.14 bits per heavy atom. The van der Waals surface area contributed by atoms with Crippen molar-refractivity contribution in [1.29, 1.82) is 0 Å². The van der Waals surface area contributed by atoms with E-state index in [1.54, 1.807) is 0 Å². The number of benzene rings is 1. The van der Waals surface area contributed by atoms with Crippen LogP contribution in [0.5, 0.6) is 0 Å². The number of imide groups is 1. The number of carbonyl (C=O) groups excluding carboxylic acids is 2. The lowest BCUT2D eigenvalue weighted by Gasteiger charge is -2.35. The maximum absolute atomic E-state index is 12.1. The fraction of sp³-hybridized carbons (Fsp3) is 0.529. The van der Waals surface area contributed by atoms with Crippen molar-refractivity contribution >= 4 is 11.8 Å². The smallest absolute Gasteiger partial charge is 0.229 e. The Morgan fingerprint density at radius 2 is 1.67 bits per heavy atom. The molecule has 2 N–H and O–H groups in total. The Morgan fingerprint density at radius 1 is 1.14 bits per heavy atom. The Balaban J connectivity index is 2.06. The predicted molar refractivity (Wildman–Crippen MR) is 82.5 cm³/mol. The van der Waals surface area contributed by atoms with Gasteiger partial charge in [-0.1, -0.05) is 45.0 Å². The second-order valence-electron chi connectivity index (χ2n) is 6.62. The SMILES string of the molecule is CCc1ccc(C(N)CN2C(=O)CC(C)(C)CC2=O)cc1. The maximum atomic E-state index is 12.1. The number of nitrogens with two attached hydrogens (primary N) is 1. The molecule has 1 aromatic rings. The van der Waals surface area contributed by atoms with E-state index in [0.717, 1.165) is 12.0 Å².